The van der Waals surface area contributed by atoms with Crippen molar-refractivity contribution in [2.45, 2.75) is 6.92 Å². The molecule has 88 valence electrons. The lowest BCUT2D eigenvalue weighted by Crippen LogP contribution is -1.94. The van der Waals surface area contributed by atoms with E-state index in [0.717, 1.165) is 10.0 Å². The number of hydrogen-bond donors (Lipinski definition) is 1. The fourth-order valence-corrected chi connectivity index (χ4v) is 1.80. The van der Waals surface area contributed by atoms with Gasteiger partial charge in [0.2, 0.25) is 0 Å². The van der Waals surface area contributed by atoms with Gasteiger partial charge < -0.3 is 10.5 Å². The highest BCUT2D eigenvalue weighted by molar-refractivity contribution is 9.10. The summed E-state index contributed by atoms with van der Waals surface area (Å²) >= 11 is 3.30. The summed E-state index contributed by atoms with van der Waals surface area (Å²) in [6.45, 7) is 1.87. The Morgan fingerprint density at radius 3 is 2.59 bits per heavy atom. The molecule has 0 amide bonds. The summed E-state index contributed by atoms with van der Waals surface area (Å²) in [7, 11) is 0. The summed E-state index contributed by atoms with van der Waals surface area (Å²) < 4.78 is 19.8. The van der Waals surface area contributed by atoms with Gasteiger partial charge in [-0.15, -0.1) is 0 Å². The molecular weight excluding hydrogens is 285 g/mol. The molecule has 0 atom stereocenters. The van der Waals surface area contributed by atoms with Gasteiger partial charge in [0.05, 0.1) is 5.69 Å². The summed E-state index contributed by atoms with van der Waals surface area (Å²) in [5.41, 5.74) is 7.17. The van der Waals surface area contributed by atoms with Crippen molar-refractivity contribution in [3.05, 3.63) is 52.3 Å². The molecule has 0 aromatic heterocycles. The number of benzene rings is 2. The summed E-state index contributed by atoms with van der Waals surface area (Å²) in [5, 5.41) is 0. The molecule has 0 saturated carbocycles. The molecule has 2 aromatic rings. The van der Waals surface area contributed by atoms with Crippen LogP contribution in [0.25, 0.3) is 0 Å². The minimum Gasteiger partial charge on any atom is -0.452 e. The van der Waals surface area contributed by atoms with Gasteiger partial charge in [-0.2, -0.15) is 0 Å². The van der Waals surface area contributed by atoms with Crippen molar-refractivity contribution >= 4 is 21.6 Å². The van der Waals surface area contributed by atoms with Crippen molar-refractivity contribution in [1.29, 1.82) is 0 Å². The van der Waals surface area contributed by atoms with Crippen molar-refractivity contribution in [3.8, 4) is 11.5 Å². The lowest BCUT2D eigenvalue weighted by Gasteiger charge is -2.10. The van der Waals surface area contributed by atoms with E-state index in [4.69, 9.17) is 10.5 Å². The largest absolute Gasteiger partial charge is 0.452 e. The molecule has 4 heteroatoms. The molecule has 0 aliphatic heterocycles. The van der Waals surface area contributed by atoms with Gasteiger partial charge >= 0.3 is 0 Å². The highest BCUT2D eigenvalue weighted by Gasteiger charge is 2.07. The lowest BCUT2D eigenvalue weighted by atomic mass is 10.2. The Morgan fingerprint density at radius 1 is 1.12 bits per heavy atom. The molecule has 0 bridgehead atoms. The van der Waals surface area contributed by atoms with Crippen LogP contribution in [-0.2, 0) is 0 Å². The molecule has 0 radical (unpaired) electrons. The van der Waals surface area contributed by atoms with E-state index >= 15 is 0 Å². The van der Waals surface area contributed by atoms with Crippen LogP contribution in [0.3, 0.4) is 0 Å². The third-order valence-electron chi connectivity index (χ3n) is 2.28. The fraction of sp³-hybridized carbons (Fsp3) is 0.0769. The topological polar surface area (TPSA) is 35.2 Å². The van der Waals surface area contributed by atoms with Crippen LogP contribution < -0.4 is 10.5 Å². The fourth-order valence-electron chi connectivity index (χ4n) is 1.42. The molecule has 17 heavy (non-hydrogen) atoms. The summed E-state index contributed by atoms with van der Waals surface area (Å²) in [6, 6.07) is 9.90. The number of hydrogen-bond acceptors (Lipinski definition) is 2. The zero-order chi connectivity index (χ0) is 12.4. The molecule has 0 aliphatic rings. The van der Waals surface area contributed by atoms with Gasteiger partial charge in [0, 0.05) is 4.47 Å². The molecule has 0 aliphatic carbocycles. The van der Waals surface area contributed by atoms with E-state index in [1.165, 1.54) is 6.07 Å². The van der Waals surface area contributed by atoms with E-state index < -0.39 is 5.82 Å². The van der Waals surface area contributed by atoms with Crippen LogP contribution in [0.5, 0.6) is 11.5 Å². The number of anilines is 1. The van der Waals surface area contributed by atoms with E-state index in [1.54, 1.807) is 30.3 Å². The summed E-state index contributed by atoms with van der Waals surface area (Å²) in [6.07, 6.45) is 0. The summed E-state index contributed by atoms with van der Waals surface area (Å²) in [4.78, 5) is 0. The van der Waals surface area contributed by atoms with Crippen molar-refractivity contribution in [1.82, 2.24) is 0 Å². The van der Waals surface area contributed by atoms with Gasteiger partial charge in [0.15, 0.2) is 17.3 Å². The van der Waals surface area contributed by atoms with Crippen LogP contribution in [0.2, 0.25) is 0 Å². The Balaban J connectivity index is 2.34. The maximum atomic E-state index is 13.5. The van der Waals surface area contributed by atoms with Crippen LogP contribution in [0, 0.1) is 12.7 Å². The first kappa shape index (κ1) is 11.9. The molecule has 2 nitrogen and oxygen atoms in total. The predicted octanol–water partition coefficient (Wildman–Crippen LogP) is 4.27. The van der Waals surface area contributed by atoms with Crippen molar-refractivity contribution < 1.29 is 9.13 Å². The SMILES string of the molecule is Cc1ccc(F)c(Oc2ccc(Br)cc2N)c1. The number of ether oxygens (including phenoxy) is 1. The molecule has 0 spiro atoms. The minimum atomic E-state index is -0.405. The first-order chi connectivity index (χ1) is 8.06. The Kier molecular flexibility index (Phi) is 3.33. The van der Waals surface area contributed by atoms with E-state index in [9.17, 15) is 4.39 Å². The highest BCUT2D eigenvalue weighted by atomic mass is 79.9. The van der Waals surface area contributed by atoms with Gasteiger partial charge in [-0.05, 0) is 42.8 Å². The maximum Gasteiger partial charge on any atom is 0.165 e. The van der Waals surface area contributed by atoms with Gasteiger partial charge in [-0.1, -0.05) is 22.0 Å². The average Bonchev–Trinajstić information content (AvgIpc) is 2.27. The van der Waals surface area contributed by atoms with Gasteiger partial charge in [-0.25, -0.2) is 4.39 Å². The van der Waals surface area contributed by atoms with E-state index in [1.807, 2.05) is 6.92 Å². The van der Waals surface area contributed by atoms with Crippen LogP contribution >= 0.6 is 15.9 Å². The van der Waals surface area contributed by atoms with Gasteiger partial charge in [0.1, 0.15) is 0 Å². The first-order valence-electron chi connectivity index (χ1n) is 5.05. The Bertz CT molecular complexity index is 557. The molecule has 2 N–H and O–H groups in total. The second-order valence-electron chi connectivity index (χ2n) is 3.72. The maximum absolute atomic E-state index is 13.5. The molecule has 2 rings (SSSR count). The van der Waals surface area contributed by atoms with Gasteiger partial charge in [-0.3, -0.25) is 0 Å². The number of aryl methyl sites for hydroxylation is 1. The molecule has 0 saturated heterocycles. The van der Waals surface area contributed by atoms with Gasteiger partial charge in [0.25, 0.3) is 0 Å². The van der Waals surface area contributed by atoms with Crippen LogP contribution in [0.4, 0.5) is 10.1 Å². The molecule has 0 unspecified atom stereocenters. The van der Waals surface area contributed by atoms with E-state index in [-0.39, 0.29) is 5.75 Å². The van der Waals surface area contributed by atoms with Crippen molar-refractivity contribution in [3.63, 3.8) is 0 Å². The second kappa shape index (κ2) is 4.75. The molecular formula is C13H11BrFNO. The Morgan fingerprint density at radius 2 is 1.88 bits per heavy atom. The molecule has 0 heterocycles. The molecule has 0 fully saturated rings. The van der Waals surface area contributed by atoms with E-state index in [0.29, 0.717) is 11.4 Å². The minimum absolute atomic E-state index is 0.180. The van der Waals surface area contributed by atoms with Crippen molar-refractivity contribution in [2.24, 2.45) is 0 Å². The average molecular weight is 296 g/mol. The zero-order valence-corrected chi connectivity index (χ0v) is 10.8. The quantitative estimate of drug-likeness (QED) is 0.840. The third kappa shape index (κ3) is 2.77. The standard InChI is InChI=1S/C13H11BrFNO/c1-8-2-4-10(15)13(6-8)17-12-5-3-9(14)7-11(12)16/h2-7H,16H2,1H3. The predicted molar refractivity (Wildman–Crippen MR) is 69.8 cm³/mol. The Hall–Kier alpha value is -1.55. The van der Waals surface area contributed by atoms with Crippen LogP contribution in [-0.4, -0.2) is 0 Å². The Labute approximate surface area is 107 Å². The zero-order valence-electron chi connectivity index (χ0n) is 9.21. The van der Waals surface area contributed by atoms with Crippen LogP contribution in [0.1, 0.15) is 5.56 Å². The lowest BCUT2D eigenvalue weighted by molar-refractivity contribution is 0.443. The van der Waals surface area contributed by atoms with Crippen LogP contribution in [0.15, 0.2) is 40.9 Å². The monoisotopic (exact) mass is 295 g/mol. The summed E-state index contributed by atoms with van der Waals surface area (Å²) in [5.74, 6) is 0.217. The number of nitrogen functional groups attached to an aromatic ring is 1. The normalized spacial score (nSPS) is 10.3. The highest BCUT2D eigenvalue weighted by Crippen LogP contribution is 2.31. The first-order valence-corrected chi connectivity index (χ1v) is 5.84. The number of nitrogens with two attached hydrogens (primary N) is 1. The second-order valence-corrected chi connectivity index (χ2v) is 4.63. The number of rotatable bonds is 2. The third-order valence-corrected chi connectivity index (χ3v) is 2.77. The van der Waals surface area contributed by atoms with Crippen molar-refractivity contribution in [2.75, 3.05) is 5.73 Å². The number of halogens is 2. The van der Waals surface area contributed by atoms with E-state index in [2.05, 4.69) is 15.9 Å². The molecule has 2 aromatic carbocycles. The smallest absolute Gasteiger partial charge is 0.165 e.